The molecular formula is C5H7BPS+. The first kappa shape index (κ1) is 6.57. The Kier molecular flexibility index (Phi) is 2.85. The Morgan fingerprint density at radius 2 is 2.62 bits per heavy atom. The Hall–Kier alpha value is 0.455. The van der Waals surface area contributed by atoms with E-state index < -0.39 is 0 Å². The second kappa shape index (κ2) is 3.47. The molecule has 0 radical (unpaired) electrons. The van der Waals surface area contributed by atoms with Gasteiger partial charge in [0.2, 0.25) is 0 Å². The van der Waals surface area contributed by atoms with Gasteiger partial charge in [-0.3, -0.25) is 0 Å². The SMILES string of the molecule is S=[P+]=BCC1C=CC1. The van der Waals surface area contributed by atoms with Gasteiger partial charge in [0.1, 0.15) is 0 Å². The normalized spacial score (nSPS) is 23.8. The molecule has 0 heterocycles. The van der Waals surface area contributed by atoms with E-state index in [1.54, 1.807) is 0 Å². The predicted octanol–water partition coefficient (Wildman–Crippen LogP) is 2.01. The molecule has 0 bridgehead atoms. The van der Waals surface area contributed by atoms with Gasteiger partial charge < -0.3 is 0 Å². The van der Waals surface area contributed by atoms with Gasteiger partial charge in [0.25, 0.3) is 0 Å². The van der Waals surface area contributed by atoms with Crippen molar-refractivity contribution in [1.82, 2.24) is 0 Å². The summed E-state index contributed by atoms with van der Waals surface area (Å²) in [6.45, 7) is 3.15. The third kappa shape index (κ3) is 1.76. The van der Waals surface area contributed by atoms with Gasteiger partial charge in [-0.25, -0.2) is 0 Å². The summed E-state index contributed by atoms with van der Waals surface area (Å²) in [5.74, 6) is 0.824. The van der Waals surface area contributed by atoms with Crippen molar-refractivity contribution in [2.75, 3.05) is 0 Å². The van der Waals surface area contributed by atoms with Crippen molar-refractivity contribution >= 4 is 25.3 Å². The minimum absolute atomic E-state index is 0.824. The fourth-order valence-corrected chi connectivity index (χ4v) is 1.30. The average Bonchev–Trinajstić information content (AvgIpc) is 1.63. The molecule has 0 aromatic rings. The first-order chi connectivity index (χ1) is 3.93. The van der Waals surface area contributed by atoms with E-state index in [4.69, 9.17) is 11.8 Å². The van der Waals surface area contributed by atoms with Gasteiger partial charge in [-0.2, -0.15) is 0 Å². The van der Waals surface area contributed by atoms with Crippen molar-refractivity contribution in [3.05, 3.63) is 12.2 Å². The van der Waals surface area contributed by atoms with Crippen LogP contribution in [0.25, 0.3) is 0 Å². The summed E-state index contributed by atoms with van der Waals surface area (Å²) in [6, 6.07) is 0. The Bertz CT molecular complexity index is 149. The van der Waals surface area contributed by atoms with Crippen molar-refractivity contribution in [2.24, 2.45) is 5.92 Å². The minimum atomic E-state index is 0.824. The summed E-state index contributed by atoms with van der Waals surface area (Å²) >= 11 is 4.73. The van der Waals surface area contributed by atoms with E-state index in [0.29, 0.717) is 0 Å². The van der Waals surface area contributed by atoms with Gasteiger partial charge in [-0.15, -0.1) is 0 Å². The van der Waals surface area contributed by atoms with E-state index >= 15 is 0 Å². The standard InChI is InChI=1S/C5H7BPS/c8-7-6-4-5-2-1-3-5/h1-2,5H,3-4H2/q+1. The fraction of sp³-hybridized carbons (Fsp3) is 0.600. The quantitative estimate of drug-likeness (QED) is 0.322. The Morgan fingerprint density at radius 1 is 1.88 bits per heavy atom. The molecule has 40 valence electrons. The molecule has 0 spiro atoms. The summed E-state index contributed by atoms with van der Waals surface area (Å²) in [5, 5.41) is 0. The van der Waals surface area contributed by atoms with Crippen LogP contribution in [-0.4, -0.2) is 6.62 Å². The van der Waals surface area contributed by atoms with Crippen LogP contribution in [0.3, 0.4) is 0 Å². The number of allylic oxidation sites excluding steroid dienone is 2. The molecule has 1 aliphatic rings. The summed E-state index contributed by atoms with van der Waals surface area (Å²) in [7, 11) is 0. The first-order valence-electron chi connectivity index (χ1n) is 2.74. The molecule has 3 heteroatoms. The molecule has 0 aliphatic heterocycles. The van der Waals surface area contributed by atoms with Crippen molar-refractivity contribution in [3.63, 3.8) is 0 Å². The molecule has 0 amide bonds. The third-order valence-corrected chi connectivity index (χ3v) is 2.14. The molecule has 0 fully saturated rings. The molecule has 0 nitrogen and oxygen atoms in total. The predicted molar refractivity (Wildman–Crippen MR) is 42.1 cm³/mol. The van der Waals surface area contributed by atoms with Gasteiger partial charge >= 0.3 is 56.1 Å². The molecule has 1 atom stereocenters. The number of hydrogen-bond donors (Lipinski definition) is 0. The van der Waals surface area contributed by atoms with E-state index in [0.717, 1.165) is 12.8 Å². The van der Waals surface area contributed by atoms with Crippen molar-refractivity contribution in [1.29, 1.82) is 0 Å². The first-order valence-corrected chi connectivity index (χ1v) is 4.72. The van der Waals surface area contributed by atoms with Gasteiger partial charge in [0.15, 0.2) is 0 Å². The van der Waals surface area contributed by atoms with Crippen LogP contribution in [0, 0.1) is 5.92 Å². The summed E-state index contributed by atoms with van der Waals surface area (Å²) in [5.41, 5.74) is 0. The number of rotatable bonds is 2. The zero-order chi connectivity index (χ0) is 5.82. The molecule has 1 rings (SSSR count). The number of hydrogen-bond acceptors (Lipinski definition) is 1. The van der Waals surface area contributed by atoms with Gasteiger partial charge in [0, 0.05) is 0 Å². The molecule has 0 saturated carbocycles. The summed E-state index contributed by atoms with van der Waals surface area (Å²) in [4.78, 5) is 0. The van der Waals surface area contributed by atoms with Crippen LogP contribution in [0.2, 0.25) is 6.32 Å². The summed E-state index contributed by atoms with van der Waals surface area (Å²) < 4.78 is 0. The van der Waals surface area contributed by atoms with E-state index in [2.05, 4.69) is 18.8 Å². The average molecular weight is 141 g/mol. The van der Waals surface area contributed by atoms with E-state index in [9.17, 15) is 0 Å². The van der Waals surface area contributed by atoms with Gasteiger partial charge in [0.05, 0.1) is 0 Å². The topological polar surface area (TPSA) is 0 Å². The Morgan fingerprint density at radius 3 is 3.00 bits per heavy atom. The van der Waals surface area contributed by atoms with Crippen LogP contribution in [0.5, 0.6) is 0 Å². The van der Waals surface area contributed by atoms with Crippen molar-refractivity contribution < 1.29 is 0 Å². The molecule has 0 aromatic heterocycles. The Balaban J connectivity index is 2.20. The third-order valence-electron chi connectivity index (χ3n) is 1.33. The molecule has 0 saturated heterocycles. The molecular weight excluding hydrogens is 134 g/mol. The molecule has 1 unspecified atom stereocenters. The molecule has 8 heavy (non-hydrogen) atoms. The molecule has 0 N–H and O–H groups in total. The summed E-state index contributed by atoms with van der Waals surface area (Å²) in [6.07, 6.45) is 6.90. The van der Waals surface area contributed by atoms with Gasteiger partial charge in [-0.1, -0.05) is 0 Å². The van der Waals surface area contributed by atoms with Crippen LogP contribution in [0.4, 0.5) is 0 Å². The van der Waals surface area contributed by atoms with E-state index in [1.807, 2.05) is 0 Å². The van der Waals surface area contributed by atoms with E-state index in [1.165, 1.54) is 12.7 Å². The second-order valence-corrected chi connectivity index (χ2v) is 3.16. The van der Waals surface area contributed by atoms with Crippen LogP contribution < -0.4 is 0 Å². The van der Waals surface area contributed by atoms with Crippen LogP contribution >= 0.6 is 6.85 Å². The Labute approximate surface area is 56.6 Å². The zero-order valence-corrected chi connectivity index (χ0v) is 6.29. The monoisotopic (exact) mass is 141 g/mol. The van der Waals surface area contributed by atoms with Crippen molar-refractivity contribution in [2.45, 2.75) is 12.7 Å². The molecule has 1 aliphatic carbocycles. The maximum atomic E-state index is 4.73. The fourth-order valence-electron chi connectivity index (χ4n) is 0.682. The van der Waals surface area contributed by atoms with Crippen LogP contribution in [0.15, 0.2) is 12.2 Å². The van der Waals surface area contributed by atoms with Gasteiger partial charge in [-0.05, 0) is 0 Å². The van der Waals surface area contributed by atoms with Crippen molar-refractivity contribution in [3.8, 4) is 0 Å². The molecule has 0 aromatic carbocycles. The van der Waals surface area contributed by atoms with E-state index in [-0.39, 0.29) is 0 Å². The van der Waals surface area contributed by atoms with Crippen LogP contribution in [-0.2, 0) is 11.8 Å². The zero-order valence-electron chi connectivity index (χ0n) is 4.58. The van der Waals surface area contributed by atoms with Crippen LogP contribution in [0.1, 0.15) is 6.42 Å². The second-order valence-electron chi connectivity index (χ2n) is 1.95. The maximum absolute atomic E-state index is 4.73.